The first-order valence-corrected chi connectivity index (χ1v) is 5.97. The average Bonchev–Trinajstić information content (AvgIpc) is 2.75. The molecule has 1 aromatic heterocycles. The summed E-state index contributed by atoms with van der Waals surface area (Å²) in [6, 6.07) is 5.58. The molecule has 0 saturated carbocycles. The van der Waals surface area contributed by atoms with E-state index in [0.29, 0.717) is 35.5 Å². The van der Waals surface area contributed by atoms with E-state index in [1.54, 1.807) is 13.0 Å². The van der Waals surface area contributed by atoms with E-state index in [0.717, 1.165) is 5.56 Å². The maximum Gasteiger partial charge on any atom is 0.253 e. The number of rotatable bonds is 5. The molecule has 0 fully saturated rings. The molecule has 0 aliphatic rings. The smallest absolute Gasteiger partial charge is 0.253 e. The van der Waals surface area contributed by atoms with Crippen molar-refractivity contribution in [2.75, 3.05) is 6.54 Å². The van der Waals surface area contributed by atoms with Gasteiger partial charge in [-0.1, -0.05) is 23.7 Å². The Balaban J connectivity index is 2.12. The molecule has 0 atom stereocenters. The van der Waals surface area contributed by atoms with E-state index in [2.05, 4.69) is 10.2 Å². The summed E-state index contributed by atoms with van der Waals surface area (Å²) in [5.74, 6) is 1.56. The summed E-state index contributed by atoms with van der Waals surface area (Å²) in [6.07, 6.45) is 0.707. The van der Waals surface area contributed by atoms with Crippen molar-refractivity contribution in [1.82, 2.24) is 10.2 Å². The lowest BCUT2D eigenvalue weighted by molar-refractivity contribution is 0.258. The molecular formula is C12H14ClN3O2. The van der Waals surface area contributed by atoms with Crippen LogP contribution in [0, 0.1) is 6.92 Å². The van der Waals surface area contributed by atoms with Crippen LogP contribution in [0.4, 0.5) is 0 Å². The zero-order valence-electron chi connectivity index (χ0n) is 10.0. The second-order valence-corrected chi connectivity index (χ2v) is 4.18. The van der Waals surface area contributed by atoms with Crippen molar-refractivity contribution >= 4 is 11.6 Å². The SMILES string of the molecule is Cc1nnc(COc2c(Cl)cccc2CCN)o1. The molecule has 0 aliphatic carbocycles. The monoisotopic (exact) mass is 267 g/mol. The van der Waals surface area contributed by atoms with Gasteiger partial charge in [-0.2, -0.15) is 0 Å². The fourth-order valence-corrected chi connectivity index (χ4v) is 1.85. The Morgan fingerprint density at radius 2 is 2.22 bits per heavy atom. The van der Waals surface area contributed by atoms with E-state index < -0.39 is 0 Å². The number of nitrogens with two attached hydrogens (primary N) is 1. The molecular weight excluding hydrogens is 254 g/mol. The van der Waals surface area contributed by atoms with Gasteiger partial charge in [0, 0.05) is 6.92 Å². The fourth-order valence-electron chi connectivity index (χ4n) is 1.60. The van der Waals surface area contributed by atoms with Gasteiger partial charge in [0.1, 0.15) is 5.75 Å². The number of halogens is 1. The average molecular weight is 268 g/mol. The predicted molar refractivity (Wildman–Crippen MR) is 67.6 cm³/mol. The Hall–Kier alpha value is -1.59. The number of benzene rings is 1. The Morgan fingerprint density at radius 1 is 1.39 bits per heavy atom. The minimum Gasteiger partial charge on any atom is -0.482 e. The van der Waals surface area contributed by atoms with Crippen molar-refractivity contribution in [3.05, 3.63) is 40.6 Å². The first-order chi connectivity index (χ1) is 8.70. The van der Waals surface area contributed by atoms with Crippen LogP contribution in [0.2, 0.25) is 5.02 Å². The van der Waals surface area contributed by atoms with Crippen LogP contribution in [0.25, 0.3) is 0 Å². The maximum absolute atomic E-state index is 6.10. The molecule has 18 heavy (non-hydrogen) atoms. The third-order valence-electron chi connectivity index (χ3n) is 2.37. The van der Waals surface area contributed by atoms with Crippen LogP contribution in [0.3, 0.4) is 0 Å². The molecule has 0 saturated heterocycles. The van der Waals surface area contributed by atoms with Crippen LogP contribution in [0.5, 0.6) is 5.75 Å². The summed E-state index contributed by atoms with van der Waals surface area (Å²) in [5, 5.41) is 8.14. The Labute approximate surface area is 110 Å². The Bertz CT molecular complexity index is 528. The highest BCUT2D eigenvalue weighted by Crippen LogP contribution is 2.29. The molecule has 0 amide bonds. The second-order valence-electron chi connectivity index (χ2n) is 3.77. The number of hydrogen-bond donors (Lipinski definition) is 1. The van der Waals surface area contributed by atoms with E-state index in [-0.39, 0.29) is 6.61 Å². The molecule has 0 unspecified atom stereocenters. The molecule has 2 N–H and O–H groups in total. The van der Waals surface area contributed by atoms with Gasteiger partial charge in [0.15, 0.2) is 6.61 Å². The maximum atomic E-state index is 6.10. The van der Waals surface area contributed by atoms with Crippen molar-refractivity contribution < 1.29 is 9.15 Å². The summed E-state index contributed by atoms with van der Waals surface area (Å²) in [5.41, 5.74) is 6.52. The highest BCUT2D eigenvalue weighted by Gasteiger charge is 2.10. The summed E-state index contributed by atoms with van der Waals surface area (Å²) >= 11 is 6.10. The van der Waals surface area contributed by atoms with Crippen molar-refractivity contribution in [2.45, 2.75) is 20.0 Å². The summed E-state index contributed by atoms with van der Waals surface area (Å²) in [6.45, 7) is 2.46. The zero-order chi connectivity index (χ0) is 13.0. The van der Waals surface area contributed by atoms with Crippen LogP contribution in [-0.2, 0) is 13.0 Å². The Kier molecular flexibility index (Phi) is 4.17. The number of aromatic nitrogens is 2. The molecule has 6 heteroatoms. The van der Waals surface area contributed by atoms with E-state index in [9.17, 15) is 0 Å². The number of ether oxygens (including phenoxy) is 1. The molecule has 2 rings (SSSR count). The third kappa shape index (κ3) is 3.00. The van der Waals surface area contributed by atoms with Gasteiger partial charge < -0.3 is 14.9 Å². The minimum absolute atomic E-state index is 0.197. The first-order valence-electron chi connectivity index (χ1n) is 5.60. The topological polar surface area (TPSA) is 74.2 Å². The zero-order valence-corrected chi connectivity index (χ0v) is 10.8. The molecule has 0 aliphatic heterocycles. The minimum atomic E-state index is 0.197. The van der Waals surface area contributed by atoms with E-state index in [1.165, 1.54) is 0 Å². The number of nitrogens with zero attached hydrogens (tertiary/aromatic N) is 2. The Morgan fingerprint density at radius 3 is 2.89 bits per heavy atom. The van der Waals surface area contributed by atoms with E-state index >= 15 is 0 Å². The molecule has 0 radical (unpaired) electrons. The molecule has 96 valence electrons. The van der Waals surface area contributed by atoms with Gasteiger partial charge in [-0.15, -0.1) is 10.2 Å². The largest absolute Gasteiger partial charge is 0.482 e. The van der Waals surface area contributed by atoms with Gasteiger partial charge in [-0.25, -0.2) is 0 Å². The molecule has 0 bridgehead atoms. The molecule has 0 spiro atoms. The summed E-state index contributed by atoms with van der Waals surface area (Å²) in [4.78, 5) is 0. The quantitative estimate of drug-likeness (QED) is 0.898. The van der Waals surface area contributed by atoms with Crippen LogP contribution in [0.15, 0.2) is 22.6 Å². The standard InChI is InChI=1S/C12H14ClN3O2/c1-8-15-16-11(18-8)7-17-12-9(5-6-14)3-2-4-10(12)13/h2-4H,5-7,14H2,1H3. The molecule has 1 heterocycles. The lowest BCUT2D eigenvalue weighted by Gasteiger charge is -2.11. The van der Waals surface area contributed by atoms with Gasteiger partial charge in [0.2, 0.25) is 5.89 Å². The molecule has 1 aromatic carbocycles. The van der Waals surface area contributed by atoms with Gasteiger partial charge in [0.05, 0.1) is 5.02 Å². The number of para-hydroxylation sites is 1. The normalized spacial score (nSPS) is 10.6. The third-order valence-corrected chi connectivity index (χ3v) is 2.67. The van der Waals surface area contributed by atoms with Crippen LogP contribution >= 0.6 is 11.6 Å². The van der Waals surface area contributed by atoms with Gasteiger partial charge in [-0.05, 0) is 24.6 Å². The van der Waals surface area contributed by atoms with E-state index in [1.807, 2.05) is 12.1 Å². The number of aryl methyl sites for hydroxylation is 1. The summed E-state index contributed by atoms with van der Waals surface area (Å²) < 4.78 is 10.9. The predicted octanol–water partition coefficient (Wildman–Crippen LogP) is 2.11. The van der Waals surface area contributed by atoms with Crippen molar-refractivity contribution in [1.29, 1.82) is 0 Å². The highest BCUT2D eigenvalue weighted by atomic mass is 35.5. The van der Waals surface area contributed by atoms with Crippen molar-refractivity contribution in [3.8, 4) is 5.75 Å². The highest BCUT2D eigenvalue weighted by molar-refractivity contribution is 6.32. The van der Waals surface area contributed by atoms with Crippen molar-refractivity contribution in [2.24, 2.45) is 5.73 Å². The van der Waals surface area contributed by atoms with Gasteiger partial charge in [0.25, 0.3) is 5.89 Å². The number of hydrogen-bond acceptors (Lipinski definition) is 5. The van der Waals surface area contributed by atoms with Gasteiger partial charge in [-0.3, -0.25) is 0 Å². The lowest BCUT2D eigenvalue weighted by Crippen LogP contribution is -2.06. The second kappa shape index (κ2) is 5.84. The fraction of sp³-hybridized carbons (Fsp3) is 0.333. The summed E-state index contributed by atoms with van der Waals surface area (Å²) in [7, 11) is 0. The molecule has 2 aromatic rings. The van der Waals surface area contributed by atoms with Crippen LogP contribution in [0.1, 0.15) is 17.3 Å². The first kappa shape index (κ1) is 12.9. The van der Waals surface area contributed by atoms with Gasteiger partial charge >= 0.3 is 0 Å². The van der Waals surface area contributed by atoms with Crippen LogP contribution in [-0.4, -0.2) is 16.7 Å². The lowest BCUT2D eigenvalue weighted by atomic mass is 10.1. The molecule has 5 nitrogen and oxygen atoms in total. The van der Waals surface area contributed by atoms with Crippen molar-refractivity contribution in [3.63, 3.8) is 0 Å². The van der Waals surface area contributed by atoms with E-state index in [4.69, 9.17) is 26.5 Å². The van der Waals surface area contributed by atoms with Crippen LogP contribution < -0.4 is 10.5 Å².